The normalized spacial score (nSPS) is 15.2. The number of nitrogens with one attached hydrogen (secondary N) is 1. The van der Waals surface area contributed by atoms with Crippen molar-refractivity contribution in [3.63, 3.8) is 0 Å². The van der Waals surface area contributed by atoms with Gasteiger partial charge in [0, 0.05) is 39.5 Å². The molecule has 0 aromatic heterocycles. The molecule has 9 nitrogen and oxygen atoms in total. The largest absolute Gasteiger partial charge is 0.500 e. The van der Waals surface area contributed by atoms with E-state index in [0.29, 0.717) is 38.8 Å². The summed E-state index contributed by atoms with van der Waals surface area (Å²) in [4.78, 5) is 11.9. The summed E-state index contributed by atoms with van der Waals surface area (Å²) in [7, 11) is -1.15. The Kier molecular flexibility index (Phi) is 14.8. The quantitative estimate of drug-likeness (QED) is 0.235. The van der Waals surface area contributed by atoms with E-state index >= 15 is 0 Å². The lowest BCUT2D eigenvalue weighted by atomic mass is 10.5. The molecule has 3 unspecified atom stereocenters. The summed E-state index contributed by atoms with van der Waals surface area (Å²) in [5.74, 6) is 0. The number of carbonyl (C=O) groups is 1. The summed E-state index contributed by atoms with van der Waals surface area (Å²) in [5, 5.41) is 2.69. The molecule has 0 rings (SSSR count). The topological polar surface area (TPSA) is 93.7 Å². The van der Waals surface area contributed by atoms with Crippen molar-refractivity contribution in [3.8, 4) is 0 Å². The van der Waals surface area contributed by atoms with Crippen molar-refractivity contribution < 1.29 is 37.0 Å². The number of methoxy groups -OCH3 is 1. The van der Waals surface area contributed by atoms with Crippen LogP contribution >= 0.6 is 0 Å². The van der Waals surface area contributed by atoms with Gasteiger partial charge < -0.3 is 37.5 Å². The van der Waals surface area contributed by atoms with Gasteiger partial charge in [0.1, 0.15) is 0 Å². The predicted molar refractivity (Wildman–Crippen MR) is 102 cm³/mol. The van der Waals surface area contributed by atoms with E-state index in [1.54, 1.807) is 20.8 Å². The molecule has 0 aromatic carbocycles. The Labute approximate surface area is 164 Å². The maximum atomic E-state index is 11.9. The molecule has 0 saturated heterocycles. The number of hydrogen-bond donors (Lipinski definition) is 1. The summed E-state index contributed by atoms with van der Waals surface area (Å²) in [5.41, 5.74) is 0. The third-order valence-corrected chi connectivity index (χ3v) is 6.54. The van der Waals surface area contributed by atoms with Crippen LogP contribution < -0.4 is 5.32 Å². The van der Waals surface area contributed by atoms with Crippen LogP contribution in [0.25, 0.3) is 0 Å². The molecule has 0 fully saturated rings. The Hall–Kier alpha value is -0.753. The van der Waals surface area contributed by atoms with Crippen LogP contribution in [0, 0.1) is 0 Å². The second-order valence-electron chi connectivity index (χ2n) is 5.63. The third kappa shape index (κ3) is 12.3. The summed E-state index contributed by atoms with van der Waals surface area (Å²) in [6, 6.07) is 0.620. The van der Waals surface area contributed by atoms with E-state index in [2.05, 4.69) is 5.32 Å². The van der Waals surface area contributed by atoms with Crippen LogP contribution in [0.15, 0.2) is 0 Å². The molecule has 0 spiro atoms. The number of alkyl carbamates (subject to hydrolysis) is 1. The highest BCUT2D eigenvalue weighted by Crippen LogP contribution is 2.17. The average molecular weight is 412 g/mol. The lowest BCUT2D eigenvalue weighted by molar-refractivity contribution is -0.264. The zero-order valence-electron chi connectivity index (χ0n) is 17.7. The highest BCUT2D eigenvalue weighted by Gasteiger charge is 2.39. The first-order valence-electron chi connectivity index (χ1n) is 9.52. The minimum atomic E-state index is -2.69. The fourth-order valence-electron chi connectivity index (χ4n) is 2.34. The molecule has 0 aliphatic carbocycles. The Morgan fingerprint density at radius 1 is 0.889 bits per heavy atom. The SMILES string of the molecule is CCO[Si](CCCNC(=O)OC(C)OC(C)OC(C)OC)(OCC)OCC. The van der Waals surface area contributed by atoms with Crippen LogP contribution in [-0.4, -0.2) is 67.2 Å². The lowest BCUT2D eigenvalue weighted by Crippen LogP contribution is -2.46. The fourth-order valence-corrected chi connectivity index (χ4v) is 4.96. The molecule has 0 radical (unpaired) electrons. The molecular weight excluding hydrogens is 374 g/mol. The van der Waals surface area contributed by atoms with Crippen LogP contribution in [0.2, 0.25) is 6.04 Å². The molecule has 1 N–H and O–H groups in total. The summed E-state index contributed by atoms with van der Waals surface area (Å²) < 4.78 is 38.2. The van der Waals surface area contributed by atoms with Crippen molar-refractivity contribution in [3.05, 3.63) is 0 Å². The third-order valence-electron chi connectivity index (χ3n) is 3.39. The number of ether oxygens (including phenoxy) is 4. The maximum absolute atomic E-state index is 11.9. The van der Waals surface area contributed by atoms with E-state index in [-0.39, 0.29) is 0 Å². The highest BCUT2D eigenvalue weighted by molar-refractivity contribution is 6.60. The lowest BCUT2D eigenvalue weighted by Gasteiger charge is -2.28. The zero-order chi connectivity index (χ0) is 20.7. The number of rotatable bonds is 16. The average Bonchev–Trinajstić information content (AvgIpc) is 2.59. The fraction of sp³-hybridized carbons (Fsp3) is 0.941. The summed E-state index contributed by atoms with van der Waals surface area (Å²) in [6.07, 6.45) is -1.65. The van der Waals surface area contributed by atoms with Crippen LogP contribution in [0.1, 0.15) is 48.0 Å². The molecule has 0 saturated carbocycles. The Balaban J connectivity index is 4.19. The molecule has 0 aliphatic heterocycles. The van der Waals surface area contributed by atoms with Crippen molar-refractivity contribution >= 4 is 14.9 Å². The minimum Gasteiger partial charge on any atom is -0.420 e. The molecular formula is C17H37NO8Si. The number of amides is 1. The molecule has 10 heteroatoms. The van der Waals surface area contributed by atoms with Gasteiger partial charge in [-0.3, -0.25) is 0 Å². The summed E-state index contributed by atoms with van der Waals surface area (Å²) in [6.45, 7) is 12.8. The molecule has 0 heterocycles. The summed E-state index contributed by atoms with van der Waals surface area (Å²) >= 11 is 0. The van der Waals surface area contributed by atoms with E-state index in [4.69, 9.17) is 32.2 Å². The van der Waals surface area contributed by atoms with Gasteiger partial charge in [0.2, 0.25) is 6.29 Å². The monoisotopic (exact) mass is 411 g/mol. The Morgan fingerprint density at radius 3 is 1.89 bits per heavy atom. The molecule has 3 atom stereocenters. The van der Waals surface area contributed by atoms with Crippen LogP contribution in [-0.2, 0) is 32.2 Å². The van der Waals surface area contributed by atoms with Gasteiger partial charge in [-0.2, -0.15) is 0 Å². The van der Waals surface area contributed by atoms with Gasteiger partial charge in [0.25, 0.3) is 0 Å². The van der Waals surface area contributed by atoms with E-state index in [1.807, 2.05) is 20.8 Å². The molecule has 0 aliphatic rings. The second-order valence-corrected chi connectivity index (χ2v) is 8.36. The molecule has 0 aromatic rings. The van der Waals surface area contributed by atoms with Gasteiger partial charge in [0.05, 0.1) is 0 Å². The van der Waals surface area contributed by atoms with Crippen molar-refractivity contribution in [2.24, 2.45) is 0 Å². The van der Waals surface area contributed by atoms with Gasteiger partial charge in [0.15, 0.2) is 12.6 Å². The predicted octanol–water partition coefficient (Wildman–Crippen LogP) is 2.87. The van der Waals surface area contributed by atoms with Crippen LogP contribution in [0.5, 0.6) is 0 Å². The first-order chi connectivity index (χ1) is 12.8. The van der Waals surface area contributed by atoms with E-state index in [9.17, 15) is 4.79 Å². The molecule has 1 amide bonds. The van der Waals surface area contributed by atoms with Crippen molar-refractivity contribution in [2.75, 3.05) is 33.5 Å². The number of carbonyl (C=O) groups excluding carboxylic acids is 1. The highest BCUT2D eigenvalue weighted by atomic mass is 28.4. The van der Waals surface area contributed by atoms with Crippen LogP contribution in [0.3, 0.4) is 0 Å². The van der Waals surface area contributed by atoms with E-state index < -0.39 is 33.8 Å². The van der Waals surface area contributed by atoms with E-state index in [1.165, 1.54) is 7.11 Å². The molecule has 162 valence electrons. The zero-order valence-corrected chi connectivity index (χ0v) is 18.7. The van der Waals surface area contributed by atoms with Crippen molar-refractivity contribution in [1.82, 2.24) is 5.32 Å². The minimum absolute atomic E-state index is 0.411. The van der Waals surface area contributed by atoms with Gasteiger partial charge >= 0.3 is 14.9 Å². The van der Waals surface area contributed by atoms with Gasteiger partial charge in [-0.15, -0.1) is 0 Å². The molecule has 27 heavy (non-hydrogen) atoms. The van der Waals surface area contributed by atoms with Gasteiger partial charge in [-0.05, 0) is 48.0 Å². The maximum Gasteiger partial charge on any atom is 0.500 e. The molecule has 0 bridgehead atoms. The first kappa shape index (κ1) is 26.2. The van der Waals surface area contributed by atoms with Gasteiger partial charge in [-0.25, -0.2) is 4.79 Å². The Morgan fingerprint density at radius 2 is 1.41 bits per heavy atom. The smallest absolute Gasteiger partial charge is 0.420 e. The number of hydrogen-bond acceptors (Lipinski definition) is 8. The first-order valence-corrected chi connectivity index (χ1v) is 11.5. The van der Waals surface area contributed by atoms with Crippen molar-refractivity contribution in [1.29, 1.82) is 0 Å². The van der Waals surface area contributed by atoms with E-state index in [0.717, 1.165) is 0 Å². The Bertz CT molecular complexity index is 371. The van der Waals surface area contributed by atoms with Crippen LogP contribution in [0.4, 0.5) is 4.79 Å². The standard InChI is InChI=1S/C17H37NO8Si/c1-8-21-27(22-9-2,23-10-3)13-11-12-18-17(19)26-16(6)25-15(5)24-14(4)20-7/h14-16H,8-13H2,1-7H3,(H,18,19). The van der Waals surface area contributed by atoms with Gasteiger partial charge in [-0.1, -0.05) is 0 Å². The second kappa shape index (κ2) is 15.2. The van der Waals surface area contributed by atoms with Crippen molar-refractivity contribution in [2.45, 2.75) is 72.9 Å².